The monoisotopic (exact) mass is 211 g/mol. The minimum Gasteiger partial charge on any atom is -0.338 e. The van der Waals surface area contributed by atoms with E-state index in [1.807, 2.05) is 24.8 Å². The zero-order valence-electron chi connectivity index (χ0n) is 10.9. The van der Waals surface area contributed by atoms with Crippen LogP contribution in [0, 0.1) is 11.8 Å². The van der Waals surface area contributed by atoms with Gasteiger partial charge in [0.1, 0.15) is 0 Å². The minimum absolute atomic E-state index is 0.0206. The van der Waals surface area contributed by atoms with Crippen molar-refractivity contribution in [3.8, 4) is 0 Å². The number of hydrogen-bond donors (Lipinski definition) is 0. The second kappa shape index (κ2) is 5.94. The maximum Gasteiger partial charge on any atom is 0.226 e. The normalized spacial score (nSPS) is 15.2. The molecule has 15 heavy (non-hydrogen) atoms. The van der Waals surface area contributed by atoms with Gasteiger partial charge in [-0.05, 0) is 33.6 Å². The molecule has 0 saturated carbocycles. The van der Waals surface area contributed by atoms with Gasteiger partial charge in [0, 0.05) is 18.0 Å². The first kappa shape index (κ1) is 14.2. The number of amides is 1. The zero-order valence-corrected chi connectivity index (χ0v) is 10.9. The van der Waals surface area contributed by atoms with Crippen molar-refractivity contribution in [1.29, 1.82) is 0 Å². The molecule has 0 saturated heterocycles. The van der Waals surface area contributed by atoms with E-state index in [1.165, 1.54) is 0 Å². The molecule has 0 N–H and O–H groups in total. The van der Waals surface area contributed by atoms with Crippen LogP contribution >= 0.6 is 0 Å². The Labute approximate surface area is 94.4 Å². The van der Waals surface area contributed by atoms with Gasteiger partial charge in [-0.3, -0.25) is 4.79 Å². The molecule has 0 unspecified atom stereocenters. The van der Waals surface area contributed by atoms with Crippen molar-refractivity contribution in [2.45, 2.75) is 53.6 Å². The summed E-state index contributed by atoms with van der Waals surface area (Å²) in [6.07, 6.45) is 1.85. The van der Waals surface area contributed by atoms with Crippen molar-refractivity contribution >= 4 is 5.91 Å². The van der Waals surface area contributed by atoms with Gasteiger partial charge in [-0.25, -0.2) is 0 Å². The number of hydrogen-bond acceptors (Lipinski definition) is 1. The Bertz CT molecular complexity index is 213. The van der Waals surface area contributed by atoms with Crippen LogP contribution in [0.5, 0.6) is 0 Å². The van der Waals surface area contributed by atoms with Crippen molar-refractivity contribution in [2.24, 2.45) is 11.8 Å². The molecule has 0 spiro atoms. The molecule has 2 nitrogen and oxygen atoms in total. The summed E-state index contributed by atoms with van der Waals surface area (Å²) in [7, 11) is 0. The number of nitrogens with zero attached hydrogens (tertiary/aromatic N) is 1. The Hall–Kier alpha value is -0.790. The standard InChI is InChI=1S/C13H25NO/c1-8-11(6)12(7)13(15)14(9(2)3)10(4)5/h8-12H,1H2,2-7H3/t11-,12+/m0/s1. The fraction of sp³-hybridized carbons (Fsp3) is 0.769. The predicted molar refractivity (Wildman–Crippen MR) is 65.6 cm³/mol. The second-order valence-electron chi connectivity index (χ2n) is 4.82. The van der Waals surface area contributed by atoms with Crippen LogP contribution in [0.4, 0.5) is 0 Å². The molecular formula is C13H25NO. The van der Waals surface area contributed by atoms with Crippen LogP contribution in [0.2, 0.25) is 0 Å². The Morgan fingerprint density at radius 2 is 1.47 bits per heavy atom. The number of carbonyl (C=O) groups excluding carboxylic acids is 1. The minimum atomic E-state index is 0.0206. The fourth-order valence-corrected chi connectivity index (χ4v) is 1.77. The molecule has 0 aromatic rings. The van der Waals surface area contributed by atoms with Crippen LogP contribution in [0.25, 0.3) is 0 Å². The molecule has 88 valence electrons. The topological polar surface area (TPSA) is 20.3 Å². The van der Waals surface area contributed by atoms with E-state index in [0.717, 1.165) is 0 Å². The Morgan fingerprint density at radius 3 is 1.73 bits per heavy atom. The van der Waals surface area contributed by atoms with E-state index in [9.17, 15) is 4.79 Å². The summed E-state index contributed by atoms with van der Waals surface area (Å²) < 4.78 is 0. The van der Waals surface area contributed by atoms with E-state index >= 15 is 0 Å². The SMILES string of the molecule is C=C[C@H](C)[C@@H](C)C(=O)N(C(C)C)C(C)C. The predicted octanol–water partition coefficient (Wildman–Crippen LogP) is 3.09. The average molecular weight is 211 g/mol. The van der Waals surface area contributed by atoms with Crippen molar-refractivity contribution in [3.05, 3.63) is 12.7 Å². The third-order valence-electron chi connectivity index (χ3n) is 2.92. The van der Waals surface area contributed by atoms with E-state index in [4.69, 9.17) is 0 Å². The van der Waals surface area contributed by atoms with Gasteiger partial charge in [0.05, 0.1) is 0 Å². The molecule has 0 heterocycles. The highest BCUT2D eigenvalue weighted by Crippen LogP contribution is 2.18. The molecule has 0 fully saturated rings. The lowest BCUT2D eigenvalue weighted by molar-refractivity contribution is -0.139. The first-order valence-electron chi connectivity index (χ1n) is 5.77. The molecule has 2 heteroatoms. The number of carbonyl (C=O) groups is 1. The van der Waals surface area contributed by atoms with Gasteiger partial charge >= 0.3 is 0 Å². The van der Waals surface area contributed by atoms with Crippen LogP contribution in [0.15, 0.2) is 12.7 Å². The fourth-order valence-electron chi connectivity index (χ4n) is 1.77. The van der Waals surface area contributed by atoms with Crippen molar-refractivity contribution < 1.29 is 4.79 Å². The van der Waals surface area contributed by atoms with Crippen molar-refractivity contribution in [3.63, 3.8) is 0 Å². The first-order chi connectivity index (χ1) is 6.82. The van der Waals surface area contributed by atoms with Crippen molar-refractivity contribution in [1.82, 2.24) is 4.90 Å². The van der Waals surface area contributed by atoms with Crippen LogP contribution in [0.1, 0.15) is 41.5 Å². The molecule has 0 aromatic heterocycles. The van der Waals surface area contributed by atoms with E-state index in [-0.39, 0.29) is 29.8 Å². The molecule has 0 radical (unpaired) electrons. The van der Waals surface area contributed by atoms with E-state index in [0.29, 0.717) is 0 Å². The molecule has 2 atom stereocenters. The quantitative estimate of drug-likeness (QED) is 0.640. The van der Waals surface area contributed by atoms with Gasteiger partial charge in [-0.2, -0.15) is 0 Å². The molecule has 0 aliphatic heterocycles. The van der Waals surface area contributed by atoms with E-state index in [1.54, 1.807) is 0 Å². The van der Waals surface area contributed by atoms with Gasteiger partial charge in [0.25, 0.3) is 0 Å². The highest BCUT2D eigenvalue weighted by Gasteiger charge is 2.27. The lowest BCUT2D eigenvalue weighted by atomic mass is 9.94. The van der Waals surface area contributed by atoms with Crippen LogP contribution < -0.4 is 0 Å². The molecule has 0 aliphatic carbocycles. The summed E-state index contributed by atoms with van der Waals surface area (Å²) in [5.74, 6) is 0.484. The maximum atomic E-state index is 12.2. The van der Waals surface area contributed by atoms with E-state index < -0.39 is 0 Å². The third-order valence-corrected chi connectivity index (χ3v) is 2.92. The lowest BCUT2D eigenvalue weighted by Gasteiger charge is -2.34. The van der Waals surface area contributed by atoms with Gasteiger partial charge in [0.15, 0.2) is 0 Å². The summed E-state index contributed by atoms with van der Waals surface area (Å²) >= 11 is 0. The first-order valence-corrected chi connectivity index (χ1v) is 5.77. The lowest BCUT2D eigenvalue weighted by Crippen LogP contribution is -2.45. The summed E-state index contributed by atoms with van der Waals surface area (Å²) in [6, 6.07) is 0.522. The Morgan fingerprint density at radius 1 is 1.07 bits per heavy atom. The molecule has 0 rings (SSSR count). The van der Waals surface area contributed by atoms with Crippen molar-refractivity contribution in [2.75, 3.05) is 0 Å². The summed E-state index contributed by atoms with van der Waals surface area (Å²) in [4.78, 5) is 14.2. The van der Waals surface area contributed by atoms with Gasteiger partial charge < -0.3 is 4.90 Å². The van der Waals surface area contributed by atoms with Gasteiger partial charge in [0.2, 0.25) is 5.91 Å². The van der Waals surface area contributed by atoms with Gasteiger partial charge in [-0.1, -0.05) is 19.9 Å². The Balaban J connectivity index is 4.71. The smallest absolute Gasteiger partial charge is 0.226 e. The largest absolute Gasteiger partial charge is 0.338 e. The van der Waals surface area contributed by atoms with Gasteiger partial charge in [-0.15, -0.1) is 6.58 Å². The van der Waals surface area contributed by atoms with Crippen LogP contribution in [0.3, 0.4) is 0 Å². The van der Waals surface area contributed by atoms with Crippen LogP contribution in [-0.4, -0.2) is 22.9 Å². The molecule has 0 aromatic carbocycles. The molecule has 0 bridgehead atoms. The highest BCUT2D eigenvalue weighted by molar-refractivity contribution is 5.79. The summed E-state index contributed by atoms with van der Waals surface area (Å²) in [5, 5.41) is 0. The van der Waals surface area contributed by atoms with Crippen LogP contribution in [-0.2, 0) is 4.79 Å². The zero-order chi connectivity index (χ0) is 12.2. The molecule has 0 aliphatic rings. The molecule has 1 amide bonds. The highest BCUT2D eigenvalue weighted by atomic mass is 16.2. The molecular weight excluding hydrogens is 186 g/mol. The summed E-state index contributed by atoms with van der Waals surface area (Å²) in [6.45, 7) is 16.0. The summed E-state index contributed by atoms with van der Waals surface area (Å²) in [5.41, 5.74) is 0. The van der Waals surface area contributed by atoms with E-state index in [2.05, 4.69) is 34.3 Å². The average Bonchev–Trinajstić information content (AvgIpc) is 2.14. The number of allylic oxidation sites excluding steroid dienone is 1. The second-order valence-corrected chi connectivity index (χ2v) is 4.82. The third kappa shape index (κ3) is 3.69. The number of rotatable bonds is 5. The Kier molecular flexibility index (Phi) is 5.63. The maximum absolute atomic E-state index is 12.2.